The highest BCUT2D eigenvalue weighted by Gasteiger charge is 2.24. The lowest BCUT2D eigenvalue weighted by Gasteiger charge is -2.25. The highest BCUT2D eigenvalue weighted by atomic mass is 19.1. The number of methoxy groups -OCH3 is 2. The molecule has 1 saturated heterocycles. The molecular weight excluding hydrogens is 460 g/mol. The average Bonchev–Trinajstić information content (AvgIpc) is 3.28. The molecule has 0 unspecified atom stereocenters. The number of morpholine rings is 1. The SMILES string of the molecule is CCn1c(=O)n(-c2c(F)c(OC)cc(OC)c2F)cc2cnc3nc(CN4CCOCC4)cc3c21. The fourth-order valence-electron chi connectivity index (χ4n) is 4.50. The van der Waals surface area contributed by atoms with Gasteiger partial charge in [-0.2, -0.15) is 0 Å². The van der Waals surface area contributed by atoms with Gasteiger partial charge in [-0.05, 0) is 13.0 Å². The largest absolute Gasteiger partial charge is 0.493 e. The van der Waals surface area contributed by atoms with Crippen molar-refractivity contribution in [1.29, 1.82) is 0 Å². The molecule has 0 amide bonds. The summed E-state index contributed by atoms with van der Waals surface area (Å²) in [6.45, 7) is 5.70. The minimum absolute atomic E-state index is 0.241. The lowest BCUT2D eigenvalue weighted by Crippen LogP contribution is -2.35. The Morgan fingerprint density at radius 3 is 2.40 bits per heavy atom. The molecule has 1 aliphatic rings. The first-order valence-electron chi connectivity index (χ1n) is 11.3. The molecule has 5 rings (SSSR count). The molecule has 1 aliphatic heterocycles. The van der Waals surface area contributed by atoms with Crippen LogP contribution >= 0.6 is 0 Å². The molecule has 0 aliphatic carbocycles. The van der Waals surface area contributed by atoms with E-state index in [-0.39, 0.29) is 18.0 Å². The Labute approximate surface area is 199 Å². The van der Waals surface area contributed by atoms with Crippen LogP contribution in [0, 0.1) is 11.6 Å². The summed E-state index contributed by atoms with van der Waals surface area (Å²) in [5.41, 5.74) is 0.764. The van der Waals surface area contributed by atoms with Gasteiger partial charge >= 0.3 is 5.69 Å². The summed E-state index contributed by atoms with van der Waals surface area (Å²) < 4.78 is 48.3. The molecule has 3 aromatic heterocycles. The number of aryl methyl sites for hydroxylation is 1. The molecule has 1 fully saturated rings. The molecule has 0 bridgehead atoms. The number of aromatic nitrogens is 4. The van der Waals surface area contributed by atoms with Crippen molar-refractivity contribution in [2.24, 2.45) is 0 Å². The molecule has 0 radical (unpaired) electrons. The highest BCUT2D eigenvalue weighted by molar-refractivity contribution is 6.02. The highest BCUT2D eigenvalue weighted by Crippen LogP contribution is 2.34. The second kappa shape index (κ2) is 9.23. The number of benzene rings is 1. The molecule has 35 heavy (non-hydrogen) atoms. The monoisotopic (exact) mass is 485 g/mol. The zero-order valence-electron chi connectivity index (χ0n) is 19.7. The maximum atomic E-state index is 15.2. The first kappa shape index (κ1) is 23.2. The summed E-state index contributed by atoms with van der Waals surface area (Å²) in [5.74, 6) is -2.50. The Hall–Kier alpha value is -3.57. The van der Waals surface area contributed by atoms with Crippen molar-refractivity contribution in [3.05, 3.63) is 52.3 Å². The van der Waals surface area contributed by atoms with Crippen LogP contribution in [0.15, 0.2) is 29.3 Å². The molecule has 9 nitrogen and oxygen atoms in total. The number of fused-ring (bicyclic) bond motifs is 3. The van der Waals surface area contributed by atoms with Gasteiger partial charge in [-0.25, -0.2) is 23.5 Å². The van der Waals surface area contributed by atoms with Gasteiger partial charge in [-0.15, -0.1) is 0 Å². The van der Waals surface area contributed by atoms with Crippen LogP contribution in [0.25, 0.3) is 27.6 Å². The fourth-order valence-corrected chi connectivity index (χ4v) is 4.50. The third-order valence-corrected chi connectivity index (χ3v) is 6.23. The Morgan fingerprint density at radius 1 is 1.09 bits per heavy atom. The number of nitrogens with zero attached hydrogens (tertiary/aromatic N) is 5. The topological polar surface area (TPSA) is 83.6 Å². The van der Waals surface area contributed by atoms with E-state index in [1.54, 1.807) is 13.1 Å². The van der Waals surface area contributed by atoms with Gasteiger partial charge < -0.3 is 14.2 Å². The van der Waals surface area contributed by atoms with Crippen molar-refractivity contribution < 1.29 is 23.0 Å². The van der Waals surface area contributed by atoms with Gasteiger partial charge in [0.2, 0.25) is 0 Å². The molecule has 0 spiro atoms. The Morgan fingerprint density at radius 2 is 1.77 bits per heavy atom. The molecule has 0 atom stereocenters. The average molecular weight is 485 g/mol. The number of hydrogen-bond donors (Lipinski definition) is 0. The summed E-state index contributed by atoms with van der Waals surface area (Å²) in [6, 6.07) is 3.02. The van der Waals surface area contributed by atoms with Crippen LogP contribution < -0.4 is 15.2 Å². The van der Waals surface area contributed by atoms with E-state index in [2.05, 4.69) is 14.9 Å². The lowest BCUT2D eigenvalue weighted by atomic mass is 10.2. The van der Waals surface area contributed by atoms with E-state index < -0.39 is 23.0 Å². The summed E-state index contributed by atoms with van der Waals surface area (Å²) in [6.07, 6.45) is 2.93. The van der Waals surface area contributed by atoms with E-state index in [1.165, 1.54) is 25.0 Å². The molecule has 184 valence electrons. The van der Waals surface area contributed by atoms with Gasteiger partial charge in [0.25, 0.3) is 0 Å². The van der Waals surface area contributed by atoms with Crippen molar-refractivity contribution in [2.75, 3.05) is 40.5 Å². The number of pyridine rings is 1. The second-order valence-electron chi connectivity index (χ2n) is 8.22. The van der Waals surface area contributed by atoms with Gasteiger partial charge in [0, 0.05) is 55.4 Å². The van der Waals surface area contributed by atoms with Crippen LogP contribution in [0.3, 0.4) is 0 Å². The predicted octanol–water partition coefficient (Wildman–Crippen LogP) is 2.88. The minimum Gasteiger partial charge on any atom is -0.493 e. The van der Waals surface area contributed by atoms with Crippen LogP contribution in [0.5, 0.6) is 11.5 Å². The second-order valence-corrected chi connectivity index (χ2v) is 8.22. The van der Waals surface area contributed by atoms with Gasteiger partial charge in [0.15, 0.2) is 28.8 Å². The third kappa shape index (κ3) is 3.90. The molecule has 0 N–H and O–H groups in total. The van der Waals surface area contributed by atoms with Crippen LogP contribution in [0.4, 0.5) is 8.78 Å². The van der Waals surface area contributed by atoms with E-state index in [9.17, 15) is 4.79 Å². The quantitative estimate of drug-likeness (QED) is 0.415. The Balaban J connectivity index is 1.71. The molecule has 4 heterocycles. The summed E-state index contributed by atoms with van der Waals surface area (Å²) in [7, 11) is 2.51. The first-order valence-corrected chi connectivity index (χ1v) is 11.3. The summed E-state index contributed by atoms with van der Waals surface area (Å²) >= 11 is 0. The zero-order valence-corrected chi connectivity index (χ0v) is 19.7. The van der Waals surface area contributed by atoms with E-state index in [0.717, 1.165) is 29.4 Å². The predicted molar refractivity (Wildman–Crippen MR) is 125 cm³/mol. The zero-order chi connectivity index (χ0) is 24.7. The van der Waals surface area contributed by atoms with Crippen molar-refractivity contribution in [1.82, 2.24) is 24.0 Å². The number of rotatable bonds is 6. The Kier molecular flexibility index (Phi) is 6.12. The minimum atomic E-state index is -1.01. The smallest absolute Gasteiger partial charge is 0.333 e. The third-order valence-electron chi connectivity index (χ3n) is 6.23. The van der Waals surface area contributed by atoms with Crippen LogP contribution in [-0.2, 0) is 17.8 Å². The maximum Gasteiger partial charge on any atom is 0.333 e. The van der Waals surface area contributed by atoms with Crippen LogP contribution in [0.2, 0.25) is 0 Å². The van der Waals surface area contributed by atoms with E-state index >= 15 is 8.78 Å². The van der Waals surface area contributed by atoms with E-state index in [4.69, 9.17) is 14.2 Å². The molecule has 0 saturated carbocycles. The van der Waals surface area contributed by atoms with Crippen LogP contribution in [-0.4, -0.2) is 64.5 Å². The van der Waals surface area contributed by atoms with Crippen molar-refractivity contribution in [3.63, 3.8) is 0 Å². The van der Waals surface area contributed by atoms with E-state index in [1.807, 2.05) is 6.07 Å². The normalized spacial score (nSPS) is 14.7. The number of halogens is 2. The fraction of sp³-hybridized carbons (Fsp3) is 0.375. The van der Waals surface area contributed by atoms with Gasteiger partial charge in [-0.1, -0.05) is 0 Å². The summed E-state index contributed by atoms with van der Waals surface area (Å²) in [5, 5.41) is 1.24. The lowest BCUT2D eigenvalue weighted by molar-refractivity contribution is 0.0337. The number of hydrogen-bond acceptors (Lipinski definition) is 7. The maximum absolute atomic E-state index is 15.2. The van der Waals surface area contributed by atoms with Crippen molar-refractivity contribution in [3.8, 4) is 17.2 Å². The van der Waals surface area contributed by atoms with Gasteiger partial charge in [-0.3, -0.25) is 14.0 Å². The summed E-state index contributed by atoms with van der Waals surface area (Å²) in [4.78, 5) is 24.9. The van der Waals surface area contributed by atoms with Crippen LogP contribution in [0.1, 0.15) is 12.6 Å². The van der Waals surface area contributed by atoms with Gasteiger partial charge in [0.05, 0.1) is 38.6 Å². The molecule has 11 heteroatoms. The van der Waals surface area contributed by atoms with Crippen molar-refractivity contribution >= 4 is 21.9 Å². The molecular formula is C24H25F2N5O4. The standard InChI is InChI=1S/C24H25F2N5O4/c1-4-30-21-14(11-27-23-16(21)9-15(28-23)13-29-5-7-35-8-6-29)12-31(24(30)32)22-19(25)17(33-2)10-18(34-3)20(22)26/h9-12H,4-8,13H2,1-3H3. The first-order chi connectivity index (χ1) is 17.0. The Bertz CT molecular complexity index is 1450. The van der Waals surface area contributed by atoms with Crippen molar-refractivity contribution in [2.45, 2.75) is 20.0 Å². The van der Waals surface area contributed by atoms with Gasteiger partial charge in [0.1, 0.15) is 5.69 Å². The van der Waals surface area contributed by atoms with E-state index in [0.29, 0.717) is 41.7 Å². The molecule has 1 aromatic carbocycles. The number of ether oxygens (including phenoxy) is 3. The molecule has 4 aromatic rings.